The zero-order chi connectivity index (χ0) is 14.5. The summed E-state index contributed by atoms with van der Waals surface area (Å²) in [5, 5.41) is 7.72. The van der Waals surface area contributed by atoms with E-state index in [1.54, 1.807) is 11.3 Å². The molecule has 5 heteroatoms. The number of hydrogen-bond donors (Lipinski definition) is 2. The van der Waals surface area contributed by atoms with E-state index in [1.165, 1.54) is 30.6 Å². The Hall–Kier alpha value is -1.36. The van der Waals surface area contributed by atoms with E-state index in [0.29, 0.717) is 12.0 Å². The molecule has 2 heterocycles. The van der Waals surface area contributed by atoms with Crippen molar-refractivity contribution in [3.8, 4) is 0 Å². The molecule has 2 rings (SSSR count). The quantitative estimate of drug-likeness (QED) is 0.742. The van der Waals surface area contributed by atoms with Crippen molar-refractivity contribution in [3.05, 3.63) is 10.9 Å². The Morgan fingerprint density at radius 3 is 2.80 bits per heavy atom. The topological polar surface area (TPSA) is 49.8 Å². The molecular formula is C15H24N4S. The van der Waals surface area contributed by atoms with Gasteiger partial charge in [-0.05, 0) is 26.3 Å². The number of aromatic nitrogens is 2. The Kier molecular flexibility index (Phi) is 5.17. The van der Waals surface area contributed by atoms with Crippen molar-refractivity contribution < 1.29 is 0 Å². The molecule has 0 saturated heterocycles. The first-order valence-corrected chi connectivity index (χ1v) is 8.18. The number of aryl methyl sites for hydroxylation is 1. The molecule has 4 nitrogen and oxygen atoms in total. The van der Waals surface area contributed by atoms with Gasteiger partial charge in [0.05, 0.1) is 5.39 Å². The van der Waals surface area contributed by atoms with Crippen LogP contribution in [0.5, 0.6) is 0 Å². The van der Waals surface area contributed by atoms with Crippen LogP contribution in [0, 0.1) is 6.92 Å². The molecule has 2 N–H and O–H groups in total. The lowest BCUT2D eigenvalue weighted by atomic mass is 10.1. The Balaban J connectivity index is 2.19. The molecule has 1 atom stereocenters. The summed E-state index contributed by atoms with van der Waals surface area (Å²) >= 11 is 1.71. The van der Waals surface area contributed by atoms with Gasteiger partial charge in [0.25, 0.3) is 0 Å². The molecule has 0 fully saturated rings. The van der Waals surface area contributed by atoms with Crippen LogP contribution in [0.4, 0.5) is 11.8 Å². The Morgan fingerprint density at radius 1 is 1.30 bits per heavy atom. The fourth-order valence-electron chi connectivity index (χ4n) is 2.27. The van der Waals surface area contributed by atoms with Crippen LogP contribution in [0.2, 0.25) is 0 Å². The van der Waals surface area contributed by atoms with Crippen molar-refractivity contribution in [2.75, 3.05) is 17.7 Å². The summed E-state index contributed by atoms with van der Waals surface area (Å²) in [6, 6.07) is 2.60. The molecule has 2 aromatic heterocycles. The summed E-state index contributed by atoms with van der Waals surface area (Å²) in [6.07, 6.45) is 5.00. The maximum Gasteiger partial charge on any atom is 0.225 e. The van der Waals surface area contributed by atoms with E-state index in [0.717, 1.165) is 16.0 Å². The number of nitrogens with zero attached hydrogens (tertiary/aromatic N) is 2. The van der Waals surface area contributed by atoms with Gasteiger partial charge in [0, 0.05) is 18.0 Å². The molecule has 0 aliphatic rings. The summed E-state index contributed by atoms with van der Waals surface area (Å²) in [6.45, 7) is 6.57. The minimum absolute atomic E-state index is 0.435. The van der Waals surface area contributed by atoms with E-state index in [-0.39, 0.29) is 0 Å². The highest BCUT2D eigenvalue weighted by atomic mass is 32.1. The molecule has 20 heavy (non-hydrogen) atoms. The van der Waals surface area contributed by atoms with Crippen LogP contribution in [0.25, 0.3) is 10.2 Å². The van der Waals surface area contributed by atoms with Crippen LogP contribution in [-0.2, 0) is 0 Å². The predicted molar refractivity (Wildman–Crippen MR) is 88.9 cm³/mol. The molecule has 0 aliphatic heterocycles. The highest BCUT2D eigenvalue weighted by molar-refractivity contribution is 7.18. The fourth-order valence-corrected chi connectivity index (χ4v) is 3.15. The maximum atomic E-state index is 4.57. The Labute approximate surface area is 125 Å². The van der Waals surface area contributed by atoms with E-state index in [9.17, 15) is 0 Å². The van der Waals surface area contributed by atoms with Gasteiger partial charge in [-0.3, -0.25) is 0 Å². The van der Waals surface area contributed by atoms with Crippen molar-refractivity contribution in [2.45, 2.75) is 52.5 Å². The van der Waals surface area contributed by atoms with Crippen LogP contribution in [0.15, 0.2) is 6.07 Å². The number of thiophene rings is 1. The van der Waals surface area contributed by atoms with Crippen molar-refractivity contribution >= 4 is 33.3 Å². The summed E-state index contributed by atoms with van der Waals surface area (Å²) in [7, 11) is 1.86. The monoisotopic (exact) mass is 292 g/mol. The molecule has 110 valence electrons. The molecule has 0 aliphatic carbocycles. The van der Waals surface area contributed by atoms with Crippen LogP contribution in [0.3, 0.4) is 0 Å². The molecule has 0 spiro atoms. The predicted octanol–water partition coefficient (Wildman–Crippen LogP) is 4.42. The molecule has 0 bridgehead atoms. The van der Waals surface area contributed by atoms with E-state index in [4.69, 9.17) is 0 Å². The van der Waals surface area contributed by atoms with Crippen LogP contribution < -0.4 is 10.6 Å². The van der Waals surface area contributed by atoms with Crippen LogP contribution in [-0.4, -0.2) is 23.1 Å². The third-order valence-corrected chi connectivity index (χ3v) is 4.31. The average molecular weight is 292 g/mol. The largest absolute Gasteiger partial charge is 0.367 e. The molecule has 0 radical (unpaired) electrons. The first kappa shape index (κ1) is 15.0. The fraction of sp³-hybridized carbons (Fsp3) is 0.600. The summed E-state index contributed by atoms with van der Waals surface area (Å²) in [5.41, 5.74) is 0. The third kappa shape index (κ3) is 3.60. The second kappa shape index (κ2) is 6.88. The number of hydrogen-bond acceptors (Lipinski definition) is 5. The molecule has 0 amide bonds. The summed E-state index contributed by atoms with van der Waals surface area (Å²) in [5.74, 6) is 1.63. The van der Waals surface area contributed by atoms with Gasteiger partial charge < -0.3 is 10.6 Å². The smallest absolute Gasteiger partial charge is 0.225 e. The second-order valence-corrected chi connectivity index (χ2v) is 6.50. The zero-order valence-electron chi connectivity index (χ0n) is 12.8. The van der Waals surface area contributed by atoms with Crippen molar-refractivity contribution in [2.24, 2.45) is 0 Å². The third-order valence-electron chi connectivity index (χ3n) is 3.36. The van der Waals surface area contributed by atoms with Gasteiger partial charge in [-0.15, -0.1) is 11.3 Å². The minimum atomic E-state index is 0.435. The first-order chi connectivity index (χ1) is 9.63. The van der Waals surface area contributed by atoms with Gasteiger partial charge in [0.2, 0.25) is 5.95 Å². The molecule has 2 aromatic rings. The highest BCUT2D eigenvalue weighted by Gasteiger charge is 2.12. The van der Waals surface area contributed by atoms with Gasteiger partial charge in [0.1, 0.15) is 10.6 Å². The lowest BCUT2D eigenvalue weighted by molar-refractivity contribution is 0.614. The SMILES string of the molecule is CCCCCC(C)Nc1nc(NC)nc2sc(C)cc12. The summed E-state index contributed by atoms with van der Waals surface area (Å²) < 4.78 is 0. The normalized spacial score (nSPS) is 12.6. The van der Waals surface area contributed by atoms with Gasteiger partial charge in [-0.25, -0.2) is 4.98 Å². The maximum absolute atomic E-state index is 4.57. The highest BCUT2D eigenvalue weighted by Crippen LogP contribution is 2.30. The van der Waals surface area contributed by atoms with Gasteiger partial charge in [0.15, 0.2) is 0 Å². The Morgan fingerprint density at radius 2 is 2.10 bits per heavy atom. The minimum Gasteiger partial charge on any atom is -0.367 e. The first-order valence-electron chi connectivity index (χ1n) is 7.36. The van der Waals surface area contributed by atoms with Crippen molar-refractivity contribution in [1.29, 1.82) is 0 Å². The van der Waals surface area contributed by atoms with Gasteiger partial charge in [-0.1, -0.05) is 26.2 Å². The molecule has 0 saturated carbocycles. The standard InChI is InChI=1S/C15H24N4S/c1-5-6-7-8-10(2)17-13-12-9-11(3)20-14(12)19-15(16-4)18-13/h9-10H,5-8H2,1-4H3,(H2,16,17,18,19). The van der Waals surface area contributed by atoms with Gasteiger partial charge >= 0.3 is 0 Å². The molecule has 1 unspecified atom stereocenters. The average Bonchev–Trinajstić information content (AvgIpc) is 2.79. The number of anilines is 2. The van der Waals surface area contributed by atoms with Crippen molar-refractivity contribution in [1.82, 2.24) is 9.97 Å². The number of rotatable bonds is 7. The number of unbranched alkanes of at least 4 members (excludes halogenated alkanes) is 2. The van der Waals surface area contributed by atoms with E-state index < -0.39 is 0 Å². The van der Waals surface area contributed by atoms with Crippen molar-refractivity contribution in [3.63, 3.8) is 0 Å². The lowest BCUT2D eigenvalue weighted by Crippen LogP contribution is -2.16. The van der Waals surface area contributed by atoms with Crippen LogP contribution >= 0.6 is 11.3 Å². The zero-order valence-corrected chi connectivity index (χ0v) is 13.6. The van der Waals surface area contributed by atoms with E-state index >= 15 is 0 Å². The second-order valence-electron chi connectivity index (χ2n) is 5.26. The van der Waals surface area contributed by atoms with E-state index in [2.05, 4.69) is 47.4 Å². The molecular weight excluding hydrogens is 268 g/mol. The molecule has 0 aromatic carbocycles. The van der Waals surface area contributed by atoms with Crippen LogP contribution in [0.1, 0.15) is 44.4 Å². The summed E-state index contributed by atoms with van der Waals surface area (Å²) in [4.78, 5) is 11.4. The lowest BCUT2D eigenvalue weighted by Gasteiger charge is -2.15. The van der Waals surface area contributed by atoms with E-state index in [1.807, 2.05) is 7.05 Å². The van der Waals surface area contributed by atoms with Gasteiger partial charge in [-0.2, -0.15) is 4.98 Å². The number of nitrogens with one attached hydrogen (secondary N) is 2. The Bertz CT molecular complexity index is 564. The number of fused-ring (bicyclic) bond motifs is 1.